The van der Waals surface area contributed by atoms with Crippen LogP contribution in [0.3, 0.4) is 0 Å². The number of hydrogen-bond donors (Lipinski definition) is 1. The van der Waals surface area contributed by atoms with Crippen molar-refractivity contribution in [3.8, 4) is 11.5 Å². The summed E-state index contributed by atoms with van der Waals surface area (Å²) in [6, 6.07) is 12.5. The van der Waals surface area contributed by atoms with Gasteiger partial charge in [-0.15, -0.1) is 0 Å². The molecule has 0 spiro atoms. The predicted molar refractivity (Wildman–Crippen MR) is 115 cm³/mol. The van der Waals surface area contributed by atoms with Gasteiger partial charge in [-0.2, -0.15) is 0 Å². The van der Waals surface area contributed by atoms with Gasteiger partial charge in [0, 0.05) is 5.02 Å². The minimum atomic E-state index is -0.751. The van der Waals surface area contributed by atoms with Crippen LogP contribution in [-0.2, 0) is 16.2 Å². The summed E-state index contributed by atoms with van der Waals surface area (Å²) in [5, 5.41) is 0.122. The summed E-state index contributed by atoms with van der Waals surface area (Å²) in [5.74, 6) is -0.244. The topological polar surface area (TPSA) is 98.9 Å². The summed E-state index contributed by atoms with van der Waals surface area (Å²) < 4.78 is 11.5. The molecule has 0 saturated carbocycles. The Balaban J connectivity index is 1.78. The molecule has 156 valence electrons. The lowest BCUT2D eigenvalue weighted by atomic mass is 10.1. The number of halogens is 1. The molecule has 0 atom stereocenters. The maximum Gasteiger partial charge on any atom is 0.294 e. The quantitative estimate of drug-likeness (QED) is 0.618. The first kappa shape index (κ1) is 21.7. The standard InChI is InChI=1S/C21H19ClN2O5S/c1-2-28-17-9-14(10-18-20(26)24(11-19(23)25)21(27)30-18)5-8-16(17)29-12-13-3-6-15(22)7-4-13/h3-10H,2,11-12H2,1H3,(H2,23,25)/b18-10-. The number of thioether (sulfide) groups is 1. The highest BCUT2D eigenvalue weighted by atomic mass is 35.5. The first-order chi connectivity index (χ1) is 14.4. The molecule has 2 aromatic rings. The zero-order valence-electron chi connectivity index (χ0n) is 16.1. The largest absolute Gasteiger partial charge is 0.490 e. The van der Waals surface area contributed by atoms with Crippen LogP contribution >= 0.6 is 23.4 Å². The molecule has 0 bridgehead atoms. The van der Waals surface area contributed by atoms with Gasteiger partial charge in [-0.25, -0.2) is 0 Å². The van der Waals surface area contributed by atoms with E-state index in [0.717, 1.165) is 22.2 Å². The first-order valence-corrected chi connectivity index (χ1v) is 10.2. The number of hydrogen-bond acceptors (Lipinski definition) is 6. The van der Waals surface area contributed by atoms with Gasteiger partial charge in [0.15, 0.2) is 11.5 Å². The monoisotopic (exact) mass is 446 g/mol. The molecule has 3 rings (SSSR count). The third-order valence-corrected chi connectivity index (χ3v) is 5.22. The third-order valence-electron chi connectivity index (χ3n) is 4.06. The van der Waals surface area contributed by atoms with E-state index in [1.807, 2.05) is 19.1 Å². The second kappa shape index (κ2) is 9.69. The van der Waals surface area contributed by atoms with E-state index in [0.29, 0.717) is 35.3 Å². The Morgan fingerprint density at radius 1 is 1.13 bits per heavy atom. The van der Waals surface area contributed by atoms with E-state index in [2.05, 4.69) is 0 Å². The molecule has 0 aliphatic carbocycles. The van der Waals surface area contributed by atoms with Crippen LogP contribution in [0.2, 0.25) is 5.02 Å². The highest BCUT2D eigenvalue weighted by Gasteiger charge is 2.35. The number of carbonyl (C=O) groups excluding carboxylic acids is 3. The minimum Gasteiger partial charge on any atom is -0.490 e. The Kier molecular flexibility index (Phi) is 7.02. The van der Waals surface area contributed by atoms with Crippen LogP contribution in [0.15, 0.2) is 47.4 Å². The summed E-state index contributed by atoms with van der Waals surface area (Å²) in [5.41, 5.74) is 6.70. The van der Waals surface area contributed by atoms with Gasteiger partial charge in [0.1, 0.15) is 13.2 Å². The Labute approximate surface area is 182 Å². The molecular formula is C21H19ClN2O5S. The fourth-order valence-corrected chi connectivity index (χ4v) is 3.65. The molecule has 0 aromatic heterocycles. The van der Waals surface area contributed by atoms with Gasteiger partial charge in [-0.1, -0.05) is 29.8 Å². The summed E-state index contributed by atoms with van der Waals surface area (Å²) in [7, 11) is 0. The molecular weight excluding hydrogens is 428 g/mol. The van der Waals surface area contributed by atoms with Crippen molar-refractivity contribution in [2.75, 3.05) is 13.2 Å². The van der Waals surface area contributed by atoms with Crippen molar-refractivity contribution in [2.24, 2.45) is 5.73 Å². The van der Waals surface area contributed by atoms with Crippen molar-refractivity contribution in [3.63, 3.8) is 0 Å². The smallest absolute Gasteiger partial charge is 0.294 e. The van der Waals surface area contributed by atoms with Gasteiger partial charge in [0.2, 0.25) is 5.91 Å². The van der Waals surface area contributed by atoms with Gasteiger partial charge in [0.25, 0.3) is 11.1 Å². The number of ether oxygens (including phenoxy) is 2. The van der Waals surface area contributed by atoms with E-state index in [4.69, 9.17) is 26.8 Å². The van der Waals surface area contributed by atoms with Crippen LogP contribution in [0, 0.1) is 0 Å². The number of nitrogens with zero attached hydrogens (tertiary/aromatic N) is 1. The van der Waals surface area contributed by atoms with Crippen LogP contribution in [0.25, 0.3) is 6.08 Å². The molecule has 1 aliphatic rings. The molecule has 1 fully saturated rings. The predicted octanol–water partition coefficient (Wildman–Crippen LogP) is 3.84. The highest BCUT2D eigenvalue weighted by molar-refractivity contribution is 8.18. The zero-order chi connectivity index (χ0) is 21.7. The maximum atomic E-state index is 12.4. The van der Waals surface area contributed by atoms with Crippen molar-refractivity contribution in [2.45, 2.75) is 13.5 Å². The first-order valence-electron chi connectivity index (χ1n) is 9.05. The summed E-state index contributed by atoms with van der Waals surface area (Å²) in [4.78, 5) is 36.4. The molecule has 9 heteroatoms. The van der Waals surface area contributed by atoms with E-state index in [9.17, 15) is 14.4 Å². The second-order valence-electron chi connectivity index (χ2n) is 6.29. The second-order valence-corrected chi connectivity index (χ2v) is 7.72. The molecule has 2 N–H and O–H groups in total. The van der Waals surface area contributed by atoms with Gasteiger partial charge < -0.3 is 15.2 Å². The van der Waals surface area contributed by atoms with Crippen LogP contribution in [-0.4, -0.2) is 35.1 Å². The van der Waals surface area contributed by atoms with Gasteiger partial charge >= 0.3 is 0 Å². The molecule has 1 saturated heterocycles. The van der Waals surface area contributed by atoms with Crippen molar-refractivity contribution >= 4 is 46.5 Å². The summed E-state index contributed by atoms with van der Waals surface area (Å²) >= 11 is 6.66. The highest BCUT2D eigenvalue weighted by Crippen LogP contribution is 2.34. The Bertz CT molecular complexity index is 1010. The van der Waals surface area contributed by atoms with Crippen molar-refractivity contribution < 1.29 is 23.9 Å². The van der Waals surface area contributed by atoms with Gasteiger partial charge in [-0.05, 0) is 60.2 Å². The lowest BCUT2D eigenvalue weighted by Crippen LogP contribution is -2.36. The molecule has 7 nitrogen and oxygen atoms in total. The van der Waals surface area contributed by atoms with Crippen molar-refractivity contribution in [1.29, 1.82) is 0 Å². The number of nitrogens with two attached hydrogens (primary N) is 1. The average Bonchev–Trinajstić information content (AvgIpc) is 2.96. The molecule has 30 heavy (non-hydrogen) atoms. The van der Waals surface area contributed by atoms with Crippen LogP contribution < -0.4 is 15.2 Å². The number of primary amides is 1. The maximum absolute atomic E-state index is 12.4. The Hall–Kier alpha value is -2.97. The van der Waals surface area contributed by atoms with Crippen LogP contribution in [0.5, 0.6) is 11.5 Å². The lowest BCUT2D eigenvalue weighted by molar-refractivity contribution is -0.127. The number of rotatable bonds is 8. The number of carbonyl (C=O) groups is 3. The van der Waals surface area contributed by atoms with E-state index in [-0.39, 0.29) is 4.91 Å². The molecule has 1 heterocycles. The number of benzene rings is 2. The molecule has 3 amide bonds. The normalized spacial score (nSPS) is 15.0. The van der Waals surface area contributed by atoms with Crippen LogP contribution in [0.4, 0.5) is 4.79 Å². The SMILES string of the molecule is CCOc1cc(/C=C2\SC(=O)N(CC(N)=O)C2=O)ccc1OCc1ccc(Cl)cc1. The molecule has 1 aliphatic heterocycles. The Morgan fingerprint density at radius 2 is 1.87 bits per heavy atom. The summed E-state index contributed by atoms with van der Waals surface area (Å²) in [6.45, 7) is 2.17. The molecule has 0 radical (unpaired) electrons. The fraction of sp³-hybridized carbons (Fsp3) is 0.190. The van der Waals surface area contributed by atoms with E-state index < -0.39 is 23.6 Å². The van der Waals surface area contributed by atoms with E-state index in [1.54, 1.807) is 36.4 Å². The fourth-order valence-electron chi connectivity index (χ4n) is 2.69. The lowest BCUT2D eigenvalue weighted by Gasteiger charge is -2.13. The van der Waals surface area contributed by atoms with E-state index >= 15 is 0 Å². The van der Waals surface area contributed by atoms with E-state index in [1.165, 1.54) is 0 Å². The molecule has 2 aromatic carbocycles. The van der Waals surface area contributed by atoms with Gasteiger partial charge in [-0.3, -0.25) is 19.3 Å². The number of amides is 3. The van der Waals surface area contributed by atoms with Crippen molar-refractivity contribution in [3.05, 3.63) is 63.5 Å². The average molecular weight is 447 g/mol. The minimum absolute atomic E-state index is 0.207. The third kappa shape index (κ3) is 5.34. The molecule has 0 unspecified atom stereocenters. The van der Waals surface area contributed by atoms with Crippen LogP contribution in [0.1, 0.15) is 18.1 Å². The number of imide groups is 1. The summed E-state index contributed by atoms with van der Waals surface area (Å²) in [6.07, 6.45) is 1.57. The zero-order valence-corrected chi connectivity index (χ0v) is 17.7. The van der Waals surface area contributed by atoms with Gasteiger partial charge in [0.05, 0.1) is 11.5 Å². The van der Waals surface area contributed by atoms with Crippen molar-refractivity contribution in [1.82, 2.24) is 4.90 Å². The Morgan fingerprint density at radius 3 is 2.53 bits per heavy atom.